The van der Waals surface area contributed by atoms with Crippen molar-refractivity contribution in [2.24, 2.45) is 11.8 Å². The minimum Gasteiger partial charge on any atom is -0.338 e. The number of rotatable bonds is 3. The van der Waals surface area contributed by atoms with Crippen LogP contribution >= 0.6 is 0 Å². The zero-order chi connectivity index (χ0) is 22.4. The second-order valence-electron chi connectivity index (χ2n) is 9.94. The Morgan fingerprint density at radius 2 is 1.88 bits per heavy atom. The summed E-state index contributed by atoms with van der Waals surface area (Å²) in [4.78, 5) is 31.1. The van der Waals surface area contributed by atoms with Gasteiger partial charge >= 0.3 is 0 Å². The number of aromatic amines is 1. The third kappa shape index (κ3) is 3.26. The van der Waals surface area contributed by atoms with E-state index in [1.165, 1.54) is 24.8 Å². The molecule has 2 aliphatic heterocycles. The van der Waals surface area contributed by atoms with Gasteiger partial charge in [-0.1, -0.05) is 43.2 Å². The summed E-state index contributed by atoms with van der Waals surface area (Å²) in [5.41, 5.74) is 2.72. The number of likely N-dealkylation sites (tertiary alicyclic amines) is 2. The predicted molar refractivity (Wildman–Crippen MR) is 127 cm³/mol. The fraction of sp³-hybridized carbons (Fsp3) is 0.444. The Balaban J connectivity index is 1.22. The lowest BCUT2D eigenvalue weighted by atomic mass is 9.61. The van der Waals surface area contributed by atoms with E-state index in [1.54, 1.807) is 6.20 Å². The van der Waals surface area contributed by atoms with Crippen molar-refractivity contribution in [2.45, 2.75) is 44.1 Å². The molecule has 0 radical (unpaired) electrons. The first-order valence-corrected chi connectivity index (χ1v) is 12.3. The van der Waals surface area contributed by atoms with Gasteiger partial charge < -0.3 is 9.80 Å². The zero-order valence-electron chi connectivity index (χ0n) is 18.9. The largest absolute Gasteiger partial charge is 0.338 e. The van der Waals surface area contributed by atoms with Crippen LogP contribution in [0.3, 0.4) is 0 Å². The van der Waals surface area contributed by atoms with Crippen LogP contribution in [0.15, 0.2) is 54.7 Å². The van der Waals surface area contributed by atoms with Gasteiger partial charge in [-0.15, -0.1) is 0 Å². The van der Waals surface area contributed by atoms with Gasteiger partial charge in [-0.05, 0) is 49.4 Å². The number of nitrogens with zero attached hydrogens (tertiary/aromatic N) is 3. The topological polar surface area (TPSA) is 69.3 Å². The maximum absolute atomic E-state index is 13.8. The SMILES string of the molecule is O=C(c1ccc2[nH]ncc2c1)N1CCCC(C(=O)N2CC3CCCCC32c2ccccc2)C1. The van der Waals surface area contributed by atoms with Crippen molar-refractivity contribution in [1.29, 1.82) is 0 Å². The number of amides is 2. The van der Waals surface area contributed by atoms with Crippen molar-refractivity contribution < 1.29 is 9.59 Å². The number of H-pyrrole nitrogens is 1. The molecule has 3 fully saturated rings. The average molecular weight is 443 g/mol. The van der Waals surface area contributed by atoms with E-state index < -0.39 is 0 Å². The van der Waals surface area contributed by atoms with Crippen molar-refractivity contribution in [3.63, 3.8) is 0 Å². The van der Waals surface area contributed by atoms with Gasteiger partial charge in [-0.3, -0.25) is 14.7 Å². The number of piperidine rings is 1. The normalized spacial score (nSPS) is 27.2. The van der Waals surface area contributed by atoms with Gasteiger partial charge in [0.25, 0.3) is 5.91 Å². The maximum Gasteiger partial charge on any atom is 0.253 e. The molecule has 6 heteroatoms. The van der Waals surface area contributed by atoms with E-state index in [9.17, 15) is 9.59 Å². The van der Waals surface area contributed by atoms with Crippen molar-refractivity contribution in [3.8, 4) is 0 Å². The number of carbonyl (C=O) groups is 2. The Kier molecular flexibility index (Phi) is 4.97. The number of benzene rings is 2. The number of fused-ring (bicyclic) bond motifs is 2. The van der Waals surface area contributed by atoms with Gasteiger partial charge in [0.2, 0.25) is 5.91 Å². The summed E-state index contributed by atoms with van der Waals surface area (Å²) in [5, 5.41) is 7.91. The number of hydrogen-bond acceptors (Lipinski definition) is 3. The molecule has 1 aromatic heterocycles. The second-order valence-corrected chi connectivity index (χ2v) is 9.94. The molecule has 3 heterocycles. The third-order valence-corrected chi connectivity index (χ3v) is 8.21. The molecule has 1 aliphatic carbocycles. The summed E-state index contributed by atoms with van der Waals surface area (Å²) in [5.74, 6) is 0.678. The zero-order valence-corrected chi connectivity index (χ0v) is 18.9. The minimum atomic E-state index is -0.144. The van der Waals surface area contributed by atoms with Gasteiger partial charge in [0, 0.05) is 36.5 Å². The first kappa shape index (κ1) is 20.5. The fourth-order valence-corrected chi connectivity index (χ4v) is 6.49. The number of hydrogen-bond donors (Lipinski definition) is 1. The lowest BCUT2D eigenvalue weighted by Gasteiger charge is -2.62. The molecule has 1 saturated carbocycles. The third-order valence-electron chi connectivity index (χ3n) is 8.21. The van der Waals surface area contributed by atoms with Gasteiger partial charge in [-0.2, -0.15) is 5.10 Å². The lowest BCUT2D eigenvalue weighted by molar-refractivity contribution is -0.172. The van der Waals surface area contributed by atoms with Gasteiger partial charge in [0.05, 0.1) is 23.2 Å². The van der Waals surface area contributed by atoms with Crippen LogP contribution in [0.5, 0.6) is 0 Å². The first-order valence-electron chi connectivity index (χ1n) is 12.3. The smallest absolute Gasteiger partial charge is 0.253 e. The van der Waals surface area contributed by atoms with Crippen LogP contribution in [0.1, 0.15) is 54.4 Å². The molecule has 0 bridgehead atoms. The highest BCUT2D eigenvalue weighted by Gasteiger charge is 2.57. The Bertz CT molecular complexity index is 1190. The summed E-state index contributed by atoms with van der Waals surface area (Å²) in [6, 6.07) is 16.3. The van der Waals surface area contributed by atoms with Crippen LogP contribution in [0.25, 0.3) is 10.9 Å². The van der Waals surface area contributed by atoms with Crippen LogP contribution in [-0.4, -0.2) is 51.4 Å². The molecule has 0 spiro atoms. The van der Waals surface area contributed by atoms with Crippen LogP contribution < -0.4 is 0 Å². The molecule has 3 aromatic rings. The van der Waals surface area contributed by atoms with Gasteiger partial charge in [0.1, 0.15) is 0 Å². The van der Waals surface area contributed by atoms with Crippen molar-refractivity contribution in [1.82, 2.24) is 20.0 Å². The highest BCUT2D eigenvalue weighted by atomic mass is 16.2. The Hall–Kier alpha value is -3.15. The summed E-state index contributed by atoms with van der Waals surface area (Å²) in [7, 11) is 0. The molecule has 3 unspecified atom stereocenters. The highest BCUT2D eigenvalue weighted by molar-refractivity contribution is 5.98. The molecule has 2 amide bonds. The molecule has 1 N–H and O–H groups in total. The molecule has 3 atom stereocenters. The molecule has 3 aliphatic rings. The quantitative estimate of drug-likeness (QED) is 0.656. The number of nitrogens with one attached hydrogen (secondary N) is 1. The lowest BCUT2D eigenvalue weighted by Crippen LogP contribution is -2.69. The summed E-state index contributed by atoms with van der Waals surface area (Å²) < 4.78 is 0. The van der Waals surface area contributed by atoms with Crippen LogP contribution in [-0.2, 0) is 10.3 Å². The molecule has 2 aromatic carbocycles. The van der Waals surface area contributed by atoms with E-state index in [0.717, 1.165) is 36.7 Å². The maximum atomic E-state index is 13.8. The van der Waals surface area contributed by atoms with Gasteiger partial charge in [-0.25, -0.2) is 0 Å². The van der Waals surface area contributed by atoms with Crippen LogP contribution in [0.2, 0.25) is 0 Å². The molecule has 170 valence electrons. The van der Waals surface area contributed by atoms with E-state index in [4.69, 9.17) is 0 Å². The Morgan fingerprint density at radius 3 is 2.73 bits per heavy atom. The van der Waals surface area contributed by atoms with Crippen molar-refractivity contribution in [2.75, 3.05) is 19.6 Å². The predicted octanol–water partition coefficient (Wildman–Crippen LogP) is 4.34. The summed E-state index contributed by atoms with van der Waals surface area (Å²) in [6.07, 6.45) is 8.14. The fourth-order valence-electron chi connectivity index (χ4n) is 6.49. The van der Waals surface area contributed by atoms with Crippen molar-refractivity contribution in [3.05, 3.63) is 65.9 Å². The monoisotopic (exact) mass is 442 g/mol. The molecule has 33 heavy (non-hydrogen) atoms. The van der Waals surface area contributed by atoms with Crippen LogP contribution in [0, 0.1) is 11.8 Å². The Labute approximate surface area is 194 Å². The Morgan fingerprint density at radius 1 is 1.00 bits per heavy atom. The van der Waals surface area contributed by atoms with Crippen LogP contribution in [0.4, 0.5) is 0 Å². The molecule has 6 nitrogen and oxygen atoms in total. The number of carbonyl (C=O) groups excluding carboxylic acids is 2. The van der Waals surface area contributed by atoms with E-state index in [0.29, 0.717) is 24.6 Å². The van der Waals surface area contributed by atoms with E-state index in [1.807, 2.05) is 29.2 Å². The van der Waals surface area contributed by atoms with Crippen molar-refractivity contribution >= 4 is 22.7 Å². The minimum absolute atomic E-state index is 0.00697. The second kappa shape index (κ2) is 8.01. The van der Waals surface area contributed by atoms with Gasteiger partial charge in [0.15, 0.2) is 0 Å². The molecular weight excluding hydrogens is 412 g/mol. The summed E-state index contributed by atoms with van der Waals surface area (Å²) >= 11 is 0. The van der Waals surface area contributed by atoms with E-state index in [-0.39, 0.29) is 23.3 Å². The number of aromatic nitrogens is 2. The highest BCUT2D eigenvalue weighted by Crippen LogP contribution is 2.54. The summed E-state index contributed by atoms with van der Waals surface area (Å²) in [6.45, 7) is 2.07. The van der Waals surface area contributed by atoms with E-state index in [2.05, 4.69) is 39.4 Å². The average Bonchev–Trinajstić information content (AvgIpc) is 3.33. The molecule has 6 rings (SSSR count). The first-order chi connectivity index (χ1) is 16.2. The molecule has 2 saturated heterocycles. The molecular formula is C27H30N4O2. The standard InChI is InChI=1S/C27H30N4O2/c32-25(19-11-12-24-21(15-19)16-28-29-24)30-14-6-7-20(17-30)26(33)31-18-23-10-4-5-13-27(23,31)22-8-2-1-3-9-22/h1-3,8-9,11-12,15-16,20,23H,4-7,10,13-14,17-18H2,(H,28,29). The van der Waals surface area contributed by atoms with E-state index >= 15 is 0 Å².